The second-order valence-electron chi connectivity index (χ2n) is 8.39. The number of nitrogens with one attached hydrogen (secondary N) is 1. The second-order valence-corrected chi connectivity index (χ2v) is 8.79. The molecule has 1 N–H and O–H groups in total. The van der Waals surface area contributed by atoms with Gasteiger partial charge in [0.25, 0.3) is 0 Å². The van der Waals surface area contributed by atoms with Crippen LogP contribution in [-0.2, 0) is 0 Å². The maximum absolute atomic E-state index is 6.46. The summed E-state index contributed by atoms with van der Waals surface area (Å²) in [7, 11) is 0. The smallest absolute Gasteiger partial charge is 0.227 e. The summed E-state index contributed by atoms with van der Waals surface area (Å²) in [5.41, 5.74) is 3.19. The Morgan fingerprint density at radius 1 is 1.25 bits per heavy atom. The van der Waals surface area contributed by atoms with Crippen LogP contribution in [0.4, 0.5) is 17.5 Å². The maximum atomic E-state index is 6.46. The molecular formula is C23H30ClN7O. The number of halogens is 1. The van der Waals surface area contributed by atoms with Crippen LogP contribution in [0.2, 0.25) is 5.02 Å². The number of aryl methyl sites for hydroxylation is 1. The predicted molar refractivity (Wildman–Crippen MR) is 127 cm³/mol. The van der Waals surface area contributed by atoms with Crippen molar-refractivity contribution in [2.45, 2.75) is 52.5 Å². The van der Waals surface area contributed by atoms with Crippen molar-refractivity contribution in [2.75, 3.05) is 29.9 Å². The lowest BCUT2D eigenvalue weighted by atomic mass is 9.99. The van der Waals surface area contributed by atoms with Crippen LogP contribution in [0.15, 0.2) is 30.7 Å². The molecule has 0 radical (unpaired) electrons. The van der Waals surface area contributed by atoms with Crippen molar-refractivity contribution < 1.29 is 4.74 Å². The van der Waals surface area contributed by atoms with E-state index in [9.17, 15) is 0 Å². The minimum absolute atomic E-state index is 0.334. The molecule has 1 aromatic carbocycles. The summed E-state index contributed by atoms with van der Waals surface area (Å²) in [4.78, 5) is 11.4. The molecule has 0 amide bonds. The van der Waals surface area contributed by atoms with Gasteiger partial charge < -0.3 is 15.0 Å². The molecule has 1 fully saturated rings. The molecule has 3 heterocycles. The van der Waals surface area contributed by atoms with Crippen molar-refractivity contribution >= 4 is 29.1 Å². The molecule has 0 aliphatic carbocycles. The lowest BCUT2D eigenvalue weighted by Crippen LogP contribution is -2.36. The molecule has 0 spiro atoms. The number of rotatable bonds is 7. The van der Waals surface area contributed by atoms with Gasteiger partial charge in [0, 0.05) is 25.0 Å². The van der Waals surface area contributed by atoms with E-state index in [1.165, 1.54) is 0 Å². The summed E-state index contributed by atoms with van der Waals surface area (Å²) in [6.07, 6.45) is 7.25. The largest absolute Gasteiger partial charge is 0.494 e. The van der Waals surface area contributed by atoms with Gasteiger partial charge in [-0.25, -0.2) is 9.67 Å². The first-order valence-corrected chi connectivity index (χ1v) is 11.5. The van der Waals surface area contributed by atoms with Crippen LogP contribution in [0.25, 0.3) is 0 Å². The average Bonchev–Trinajstić information content (AvgIpc) is 3.32. The first-order chi connectivity index (χ1) is 15.5. The summed E-state index contributed by atoms with van der Waals surface area (Å²) in [6, 6.07) is 4.57. The van der Waals surface area contributed by atoms with Crippen molar-refractivity contribution in [1.82, 2.24) is 25.0 Å². The Kier molecular flexibility index (Phi) is 6.79. The topological polar surface area (TPSA) is 81.0 Å². The molecule has 8 nitrogen and oxygen atoms in total. The minimum atomic E-state index is 0.334. The normalized spacial score (nSPS) is 14.8. The van der Waals surface area contributed by atoms with Crippen LogP contribution in [0.5, 0.6) is 5.75 Å². The van der Waals surface area contributed by atoms with E-state index in [0.29, 0.717) is 35.4 Å². The third-order valence-electron chi connectivity index (χ3n) is 5.83. The molecule has 32 heavy (non-hydrogen) atoms. The number of hydrogen-bond acceptors (Lipinski definition) is 7. The van der Waals surface area contributed by atoms with Crippen molar-refractivity contribution in [1.29, 1.82) is 0 Å². The number of aromatic nitrogens is 5. The molecule has 0 bridgehead atoms. The van der Waals surface area contributed by atoms with E-state index in [-0.39, 0.29) is 0 Å². The van der Waals surface area contributed by atoms with Crippen LogP contribution in [0.3, 0.4) is 0 Å². The molecule has 9 heteroatoms. The van der Waals surface area contributed by atoms with Crippen LogP contribution in [-0.4, -0.2) is 44.7 Å². The van der Waals surface area contributed by atoms with Gasteiger partial charge in [-0.05, 0) is 55.9 Å². The highest BCUT2D eigenvalue weighted by atomic mass is 35.5. The van der Waals surface area contributed by atoms with Crippen molar-refractivity contribution in [3.63, 3.8) is 0 Å². The van der Waals surface area contributed by atoms with Gasteiger partial charge in [0.2, 0.25) is 5.95 Å². The minimum Gasteiger partial charge on any atom is -0.494 e. The summed E-state index contributed by atoms with van der Waals surface area (Å²) in [5, 5.41) is 12.0. The summed E-state index contributed by atoms with van der Waals surface area (Å²) >= 11 is 6.46. The lowest BCUT2D eigenvalue weighted by Gasteiger charge is -2.32. The standard InChI is InChI=1S/C23H30ClN7O/c1-5-32-21-12-16(4)20(13-18(21)15(2)3)27-22-19(24)14-25-23(28-22)30-9-6-17(7-10-30)31-11-8-26-29-31/h8,11-15,17H,5-7,9-10H2,1-4H3,(H,25,27,28). The second kappa shape index (κ2) is 9.73. The molecule has 0 saturated carbocycles. The van der Waals surface area contributed by atoms with E-state index in [0.717, 1.165) is 48.5 Å². The van der Waals surface area contributed by atoms with Gasteiger partial charge in [-0.3, -0.25) is 0 Å². The molecule has 2 aromatic heterocycles. The monoisotopic (exact) mass is 455 g/mol. The van der Waals surface area contributed by atoms with E-state index in [1.54, 1.807) is 12.4 Å². The van der Waals surface area contributed by atoms with Crippen LogP contribution < -0.4 is 15.0 Å². The SMILES string of the molecule is CCOc1cc(C)c(Nc2nc(N3CCC(n4ccnn4)CC3)ncc2Cl)cc1C(C)C. The Labute approximate surface area is 194 Å². The van der Waals surface area contributed by atoms with Gasteiger partial charge in [-0.15, -0.1) is 5.10 Å². The Morgan fingerprint density at radius 3 is 2.69 bits per heavy atom. The number of piperidine rings is 1. The first-order valence-electron chi connectivity index (χ1n) is 11.1. The highest BCUT2D eigenvalue weighted by Gasteiger charge is 2.23. The van der Waals surface area contributed by atoms with E-state index in [4.69, 9.17) is 21.3 Å². The van der Waals surface area contributed by atoms with Crippen molar-refractivity contribution in [3.05, 3.63) is 46.9 Å². The van der Waals surface area contributed by atoms with E-state index >= 15 is 0 Å². The molecule has 1 aliphatic heterocycles. The predicted octanol–water partition coefficient (Wildman–Crippen LogP) is 5.14. The fourth-order valence-electron chi connectivity index (χ4n) is 4.03. The average molecular weight is 456 g/mol. The number of anilines is 3. The van der Waals surface area contributed by atoms with Crippen LogP contribution in [0.1, 0.15) is 56.7 Å². The van der Waals surface area contributed by atoms with Gasteiger partial charge in [-0.1, -0.05) is 30.7 Å². The van der Waals surface area contributed by atoms with Crippen molar-refractivity contribution in [3.8, 4) is 5.75 Å². The van der Waals surface area contributed by atoms with Gasteiger partial charge in [-0.2, -0.15) is 4.98 Å². The molecule has 1 saturated heterocycles. The highest BCUT2D eigenvalue weighted by Crippen LogP contribution is 2.35. The fourth-order valence-corrected chi connectivity index (χ4v) is 4.17. The molecular weight excluding hydrogens is 426 g/mol. The van der Waals surface area contributed by atoms with Gasteiger partial charge >= 0.3 is 0 Å². The Morgan fingerprint density at radius 2 is 2.03 bits per heavy atom. The highest BCUT2D eigenvalue weighted by molar-refractivity contribution is 6.32. The van der Waals surface area contributed by atoms with Gasteiger partial charge in [0.15, 0.2) is 5.82 Å². The number of nitrogens with zero attached hydrogens (tertiary/aromatic N) is 6. The van der Waals surface area contributed by atoms with Crippen molar-refractivity contribution in [2.24, 2.45) is 0 Å². The first kappa shape index (κ1) is 22.3. The Hall–Kier alpha value is -2.87. The molecule has 1 aliphatic rings. The number of benzene rings is 1. The number of ether oxygens (including phenoxy) is 1. The molecule has 170 valence electrons. The van der Waals surface area contributed by atoms with E-state index in [1.807, 2.05) is 17.8 Å². The van der Waals surface area contributed by atoms with Crippen LogP contribution >= 0.6 is 11.6 Å². The zero-order valence-electron chi connectivity index (χ0n) is 19.0. The summed E-state index contributed by atoms with van der Waals surface area (Å²) < 4.78 is 7.78. The summed E-state index contributed by atoms with van der Waals surface area (Å²) in [5.74, 6) is 2.55. The van der Waals surface area contributed by atoms with Gasteiger partial charge in [0.05, 0.1) is 25.0 Å². The fraction of sp³-hybridized carbons (Fsp3) is 0.478. The Balaban J connectivity index is 1.53. The van der Waals surface area contributed by atoms with E-state index in [2.05, 4.69) is 58.4 Å². The molecule has 4 rings (SSSR count). The van der Waals surface area contributed by atoms with Gasteiger partial charge in [0.1, 0.15) is 10.8 Å². The third-order valence-corrected chi connectivity index (χ3v) is 6.10. The Bertz CT molecular complexity index is 1050. The maximum Gasteiger partial charge on any atom is 0.227 e. The molecule has 3 aromatic rings. The summed E-state index contributed by atoms with van der Waals surface area (Å²) in [6.45, 7) is 10.7. The quantitative estimate of drug-likeness (QED) is 0.528. The lowest BCUT2D eigenvalue weighted by molar-refractivity contribution is 0.335. The third kappa shape index (κ3) is 4.80. The zero-order valence-corrected chi connectivity index (χ0v) is 19.8. The molecule has 0 atom stereocenters. The molecule has 0 unspecified atom stereocenters. The van der Waals surface area contributed by atoms with Crippen LogP contribution in [0, 0.1) is 6.92 Å². The van der Waals surface area contributed by atoms with E-state index < -0.39 is 0 Å². The zero-order chi connectivity index (χ0) is 22.7. The number of hydrogen-bond donors (Lipinski definition) is 1.